The maximum absolute atomic E-state index is 12.4. The first-order chi connectivity index (χ1) is 11.1. The number of hydrogen-bond donors (Lipinski definition) is 1. The highest BCUT2D eigenvalue weighted by atomic mass is 79.9. The summed E-state index contributed by atoms with van der Waals surface area (Å²) in [5.74, 6) is 0.963. The van der Waals surface area contributed by atoms with Crippen molar-refractivity contribution >= 4 is 21.8 Å². The molecule has 128 valence electrons. The standard InChI is InChI=1S/C18H28BrN3O/c1-3-20-12-15-8-10-22(11-9-15)14-18(23)21(2)13-16-6-4-5-7-17(16)19/h4-7,15,20H,3,8-14H2,1-2H3. The molecular formula is C18H28BrN3O. The second-order valence-corrected chi connectivity index (χ2v) is 7.22. The lowest BCUT2D eigenvalue weighted by Gasteiger charge is -2.32. The SMILES string of the molecule is CCNCC1CCN(CC(=O)N(C)Cc2ccccc2Br)CC1. The fourth-order valence-electron chi connectivity index (χ4n) is 2.98. The second-order valence-electron chi connectivity index (χ2n) is 6.37. The van der Waals surface area contributed by atoms with Crippen molar-refractivity contribution in [2.75, 3.05) is 39.8 Å². The Morgan fingerprint density at radius 2 is 2.04 bits per heavy atom. The van der Waals surface area contributed by atoms with E-state index in [-0.39, 0.29) is 5.91 Å². The Bertz CT molecular complexity index is 501. The van der Waals surface area contributed by atoms with E-state index in [9.17, 15) is 4.79 Å². The van der Waals surface area contributed by atoms with E-state index < -0.39 is 0 Å². The summed E-state index contributed by atoms with van der Waals surface area (Å²) >= 11 is 3.55. The summed E-state index contributed by atoms with van der Waals surface area (Å²) in [6, 6.07) is 8.07. The molecule has 0 unspecified atom stereocenters. The molecular weight excluding hydrogens is 354 g/mol. The van der Waals surface area contributed by atoms with Crippen molar-refractivity contribution in [2.45, 2.75) is 26.3 Å². The van der Waals surface area contributed by atoms with Gasteiger partial charge in [-0.1, -0.05) is 41.1 Å². The van der Waals surface area contributed by atoms with Crippen molar-refractivity contribution in [3.63, 3.8) is 0 Å². The summed E-state index contributed by atoms with van der Waals surface area (Å²) in [5, 5.41) is 3.43. The number of likely N-dealkylation sites (N-methyl/N-ethyl adjacent to an activating group) is 1. The van der Waals surface area contributed by atoms with Crippen LogP contribution in [0.15, 0.2) is 28.7 Å². The zero-order valence-corrected chi connectivity index (χ0v) is 15.8. The van der Waals surface area contributed by atoms with E-state index in [2.05, 4.69) is 39.1 Å². The van der Waals surface area contributed by atoms with Crippen molar-refractivity contribution < 1.29 is 4.79 Å². The first kappa shape index (κ1) is 18.4. The van der Waals surface area contributed by atoms with Crippen molar-refractivity contribution in [2.24, 2.45) is 5.92 Å². The van der Waals surface area contributed by atoms with Crippen LogP contribution in [0.1, 0.15) is 25.3 Å². The van der Waals surface area contributed by atoms with Gasteiger partial charge in [-0.2, -0.15) is 0 Å². The van der Waals surface area contributed by atoms with Crippen LogP contribution in [-0.2, 0) is 11.3 Å². The Labute approximate surface area is 148 Å². The van der Waals surface area contributed by atoms with Crippen LogP contribution in [0.2, 0.25) is 0 Å². The summed E-state index contributed by atoms with van der Waals surface area (Å²) in [4.78, 5) is 16.6. The van der Waals surface area contributed by atoms with Gasteiger partial charge in [0.2, 0.25) is 5.91 Å². The first-order valence-electron chi connectivity index (χ1n) is 8.50. The molecule has 0 saturated carbocycles. The van der Waals surface area contributed by atoms with Crippen LogP contribution in [0, 0.1) is 5.92 Å². The predicted octanol–water partition coefficient (Wildman–Crippen LogP) is 2.73. The highest BCUT2D eigenvalue weighted by Crippen LogP contribution is 2.18. The lowest BCUT2D eigenvalue weighted by Crippen LogP contribution is -2.43. The molecule has 1 amide bonds. The smallest absolute Gasteiger partial charge is 0.236 e. The summed E-state index contributed by atoms with van der Waals surface area (Å²) in [7, 11) is 1.89. The van der Waals surface area contributed by atoms with Crippen LogP contribution in [0.3, 0.4) is 0 Å². The molecule has 4 nitrogen and oxygen atoms in total. The molecule has 1 aromatic rings. The lowest BCUT2D eigenvalue weighted by molar-refractivity contribution is -0.132. The number of nitrogens with zero attached hydrogens (tertiary/aromatic N) is 2. The first-order valence-corrected chi connectivity index (χ1v) is 9.30. The van der Waals surface area contributed by atoms with E-state index >= 15 is 0 Å². The average Bonchev–Trinajstić information content (AvgIpc) is 2.56. The molecule has 0 atom stereocenters. The number of carbonyl (C=O) groups is 1. The van der Waals surface area contributed by atoms with Crippen LogP contribution in [-0.4, -0.2) is 55.5 Å². The van der Waals surface area contributed by atoms with E-state index in [0.717, 1.165) is 42.1 Å². The van der Waals surface area contributed by atoms with Gasteiger partial charge in [0.1, 0.15) is 0 Å². The van der Waals surface area contributed by atoms with E-state index in [1.807, 2.05) is 30.1 Å². The van der Waals surface area contributed by atoms with Gasteiger partial charge in [-0.05, 0) is 56.6 Å². The molecule has 1 heterocycles. The molecule has 1 aliphatic rings. The Morgan fingerprint density at radius 1 is 1.35 bits per heavy atom. The van der Waals surface area contributed by atoms with Gasteiger partial charge in [-0.25, -0.2) is 0 Å². The Kier molecular flexibility index (Phi) is 7.53. The molecule has 1 aliphatic heterocycles. The highest BCUT2D eigenvalue weighted by molar-refractivity contribution is 9.10. The van der Waals surface area contributed by atoms with Gasteiger partial charge < -0.3 is 10.2 Å². The molecule has 23 heavy (non-hydrogen) atoms. The van der Waals surface area contributed by atoms with Gasteiger partial charge >= 0.3 is 0 Å². The number of rotatable bonds is 7. The second kappa shape index (κ2) is 9.40. The number of piperidine rings is 1. The van der Waals surface area contributed by atoms with Gasteiger partial charge in [0.05, 0.1) is 6.54 Å². The monoisotopic (exact) mass is 381 g/mol. The maximum atomic E-state index is 12.4. The Hall–Kier alpha value is -0.910. The van der Waals surface area contributed by atoms with E-state index in [4.69, 9.17) is 0 Å². The minimum absolute atomic E-state index is 0.200. The molecule has 1 N–H and O–H groups in total. The van der Waals surface area contributed by atoms with Crippen LogP contribution in [0.5, 0.6) is 0 Å². The van der Waals surface area contributed by atoms with Gasteiger partial charge in [0, 0.05) is 18.1 Å². The number of nitrogens with one attached hydrogen (secondary N) is 1. The molecule has 2 rings (SSSR count). The van der Waals surface area contributed by atoms with Crippen LogP contribution in [0.25, 0.3) is 0 Å². The predicted molar refractivity (Wildman–Crippen MR) is 98.3 cm³/mol. The normalized spacial score (nSPS) is 16.5. The zero-order chi connectivity index (χ0) is 16.7. The molecule has 1 aromatic carbocycles. The lowest BCUT2D eigenvalue weighted by atomic mass is 9.97. The number of hydrogen-bond acceptors (Lipinski definition) is 3. The van der Waals surface area contributed by atoms with Crippen molar-refractivity contribution in [1.82, 2.24) is 15.1 Å². The minimum atomic E-state index is 0.200. The minimum Gasteiger partial charge on any atom is -0.340 e. The third-order valence-corrected chi connectivity index (χ3v) is 5.31. The summed E-state index contributed by atoms with van der Waals surface area (Å²) < 4.78 is 1.06. The molecule has 0 spiro atoms. The van der Waals surface area contributed by atoms with Gasteiger partial charge in [0.25, 0.3) is 0 Å². The number of amides is 1. The molecule has 5 heteroatoms. The highest BCUT2D eigenvalue weighted by Gasteiger charge is 2.21. The number of halogens is 1. The fraction of sp³-hybridized carbons (Fsp3) is 0.611. The molecule has 0 aromatic heterocycles. The molecule has 0 radical (unpaired) electrons. The van der Waals surface area contributed by atoms with Crippen molar-refractivity contribution in [3.05, 3.63) is 34.3 Å². The summed E-state index contributed by atoms with van der Waals surface area (Å²) in [6.07, 6.45) is 2.38. The van der Waals surface area contributed by atoms with E-state index in [1.54, 1.807) is 0 Å². The third-order valence-electron chi connectivity index (χ3n) is 4.54. The van der Waals surface area contributed by atoms with Crippen molar-refractivity contribution in [1.29, 1.82) is 0 Å². The Balaban J connectivity index is 1.75. The summed E-state index contributed by atoms with van der Waals surface area (Å²) in [6.45, 7) is 7.55. The third kappa shape index (κ3) is 5.90. The summed E-state index contributed by atoms with van der Waals surface area (Å²) in [5.41, 5.74) is 1.15. The van der Waals surface area contributed by atoms with E-state index in [0.29, 0.717) is 13.1 Å². The number of likely N-dealkylation sites (tertiary alicyclic amines) is 1. The maximum Gasteiger partial charge on any atom is 0.236 e. The number of benzene rings is 1. The number of carbonyl (C=O) groups excluding carboxylic acids is 1. The van der Waals surface area contributed by atoms with Gasteiger partial charge in [-0.15, -0.1) is 0 Å². The van der Waals surface area contributed by atoms with Crippen LogP contribution >= 0.6 is 15.9 Å². The topological polar surface area (TPSA) is 35.6 Å². The van der Waals surface area contributed by atoms with Crippen LogP contribution < -0.4 is 5.32 Å². The molecule has 1 fully saturated rings. The molecule has 0 aliphatic carbocycles. The zero-order valence-electron chi connectivity index (χ0n) is 14.2. The van der Waals surface area contributed by atoms with Gasteiger partial charge in [0.15, 0.2) is 0 Å². The fourth-order valence-corrected chi connectivity index (χ4v) is 3.39. The largest absolute Gasteiger partial charge is 0.340 e. The average molecular weight is 382 g/mol. The van der Waals surface area contributed by atoms with E-state index in [1.165, 1.54) is 12.8 Å². The quantitative estimate of drug-likeness (QED) is 0.788. The van der Waals surface area contributed by atoms with Gasteiger partial charge in [-0.3, -0.25) is 9.69 Å². The Morgan fingerprint density at radius 3 is 2.70 bits per heavy atom. The molecule has 0 bridgehead atoms. The van der Waals surface area contributed by atoms with Crippen LogP contribution in [0.4, 0.5) is 0 Å². The van der Waals surface area contributed by atoms with Crippen molar-refractivity contribution in [3.8, 4) is 0 Å². The molecule has 1 saturated heterocycles.